The minimum absolute atomic E-state index is 0.0368. The second-order valence-corrected chi connectivity index (χ2v) is 8.50. The number of nitrogens with zero attached hydrogens (tertiary/aromatic N) is 1. The van der Waals surface area contributed by atoms with Gasteiger partial charge >= 0.3 is 0 Å². The molecule has 1 atom stereocenters. The van der Waals surface area contributed by atoms with E-state index in [1.165, 1.54) is 5.56 Å². The summed E-state index contributed by atoms with van der Waals surface area (Å²) in [5.41, 5.74) is 2.11. The Morgan fingerprint density at radius 3 is 2.62 bits per heavy atom. The van der Waals surface area contributed by atoms with Crippen LogP contribution in [0.15, 0.2) is 54.6 Å². The van der Waals surface area contributed by atoms with Crippen LogP contribution in [-0.2, 0) is 11.2 Å². The summed E-state index contributed by atoms with van der Waals surface area (Å²) in [4.78, 5) is 27.0. The number of rotatable bonds is 6. The van der Waals surface area contributed by atoms with Crippen molar-refractivity contribution in [3.8, 4) is 0 Å². The average molecular weight is 392 g/mol. The van der Waals surface area contributed by atoms with E-state index >= 15 is 0 Å². The first-order valence-electron chi connectivity index (χ1n) is 10.4. The molecule has 1 unspecified atom stereocenters. The summed E-state index contributed by atoms with van der Waals surface area (Å²) < 4.78 is 0. The highest BCUT2D eigenvalue weighted by molar-refractivity contribution is 5.98. The third kappa shape index (κ3) is 4.67. The molecule has 2 N–H and O–H groups in total. The van der Waals surface area contributed by atoms with Gasteiger partial charge in [-0.1, -0.05) is 36.4 Å². The molecule has 0 radical (unpaired) electrons. The van der Waals surface area contributed by atoms with E-state index in [-0.39, 0.29) is 29.8 Å². The van der Waals surface area contributed by atoms with E-state index in [1.807, 2.05) is 35.2 Å². The molecule has 2 amide bonds. The molecule has 2 aliphatic rings. The van der Waals surface area contributed by atoms with Crippen molar-refractivity contribution in [1.82, 2.24) is 4.90 Å². The molecule has 1 aliphatic heterocycles. The fourth-order valence-corrected chi connectivity index (χ4v) is 4.24. The number of aliphatic hydroxyl groups excluding tert-OH is 1. The Morgan fingerprint density at radius 1 is 1.10 bits per heavy atom. The van der Waals surface area contributed by atoms with Gasteiger partial charge in [-0.25, -0.2) is 0 Å². The van der Waals surface area contributed by atoms with E-state index in [0.717, 1.165) is 32.1 Å². The molecular weight excluding hydrogens is 364 g/mol. The molecule has 2 aromatic rings. The lowest BCUT2D eigenvalue weighted by Crippen LogP contribution is -2.49. The fraction of sp³-hybridized carbons (Fsp3) is 0.417. The van der Waals surface area contributed by atoms with Crippen LogP contribution in [0.25, 0.3) is 0 Å². The van der Waals surface area contributed by atoms with E-state index in [9.17, 15) is 14.7 Å². The van der Waals surface area contributed by atoms with Gasteiger partial charge in [-0.05, 0) is 55.9 Å². The maximum absolute atomic E-state index is 13.2. The van der Waals surface area contributed by atoms with E-state index in [2.05, 4.69) is 17.4 Å². The number of hydrogen-bond acceptors (Lipinski definition) is 3. The molecular formula is C24H28N2O3. The van der Waals surface area contributed by atoms with Crippen LogP contribution in [0, 0.1) is 11.3 Å². The summed E-state index contributed by atoms with van der Waals surface area (Å²) in [7, 11) is 0. The zero-order chi connectivity index (χ0) is 20.3. The highest BCUT2D eigenvalue weighted by Crippen LogP contribution is 2.34. The van der Waals surface area contributed by atoms with E-state index in [0.29, 0.717) is 24.3 Å². The summed E-state index contributed by atoms with van der Waals surface area (Å²) in [6.07, 6.45) is 4.42. The Kier molecular flexibility index (Phi) is 5.67. The predicted molar refractivity (Wildman–Crippen MR) is 113 cm³/mol. The number of benzene rings is 2. The largest absolute Gasteiger partial charge is 0.396 e. The fourth-order valence-electron chi connectivity index (χ4n) is 4.24. The van der Waals surface area contributed by atoms with E-state index in [4.69, 9.17) is 0 Å². The van der Waals surface area contributed by atoms with Crippen molar-refractivity contribution in [2.45, 2.75) is 32.1 Å². The second-order valence-electron chi connectivity index (χ2n) is 8.50. The molecule has 5 nitrogen and oxygen atoms in total. The highest BCUT2D eigenvalue weighted by atomic mass is 16.3. The number of carbonyl (C=O) groups is 2. The van der Waals surface area contributed by atoms with Crippen molar-refractivity contribution >= 4 is 17.5 Å². The van der Waals surface area contributed by atoms with E-state index < -0.39 is 0 Å². The van der Waals surface area contributed by atoms with Crippen molar-refractivity contribution in [2.24, 2.45) is 11.3 Å². The number of aliphatic hydroxyl groups is 1. The molecule has 152 valence electrons. The smallest absolute Gasteiger partial charge is 0.253 e. The summed E-state index contributed by atoms with van der Waals surface area (Å²) in [6.45, 7) is 1.28. The number of hydrogen-bond donors (Lipinski definition) is 2. The Morgan fingerprint density at radius 2 is 1.90 bits per heavy atom. The standard InChI is InChI=1S/C24H28N2O3/c27-17-24(15-18-6-2-1-3-7-18)12-5-13-26(16-24)23(29)20-8-4-9-21(14-20)25-22(28)19-10-11-19/h1-4,6-9,14,19,27H,5,10-13,15-17H2,(H,25,28). The quantitative estimate of drug-likeness (QED) is 0.791. The molecule has 2 aromatic carbocycles. The molecule has 1 heterocycles. The van der Waals surface area contributed by atoms with Gasteiger partial charge in [-0.3, -0.25) is 9.59 Å². The summed E-state index contributed by atoms with van der Waals surface area (Å²) in [5, 5.41) is 13.1. The van der Waals surface area contributed by atoms with Gasteiger partial charge < -0.3 is 15.3 Å². The number of piperidine rings is 1. The molecule has 0 spiro atoms. The SMILES string of the molecule is O=C(Nc1cccc(C(=O)N2CCCC(CO)(Cc3ccccc3)C2)c1)C1CC1. The van der Waals surface area contributed by atoms with Crippen LogP contribution in [0.4, 0.5) is 5.69 Å². The maximum Gasteiger partial charge on any atom is 0.253 e. The number of amides is 2. The lowest BCUT2D eigenvalue weighted by atomic mass is 9.75. The van der Waals surface area contributed by atoms with Gasteiger partial charge in [0.25, 0.3) is 5.91 Å². The number of nitrogens with one attached hydrogen (secondary N) is 1. The molecule has 5 heteroatoms. The van der Waals surface area contributed by atoms with Crippen molar-refractivity contribution in [2.75, 3.05) is 25.0 Å². The van der Waals surface area contributed by atoms with Gasteiger partial charge in [0.2, 0.25) is 5.91 Å². The van der Waals surface area contributed by atoms with Crippen LogP contribution >= 0.6 is 0 Å². The van der Waals surface area contributed by atoms with Gasteiger partial charge in [0.15, 0.2) is 0 Å². The number of carbonyl (C=O) groups excluding carboxylic acids is 2. The average Bonchev–Trinajstić information content (AvgIpc) is 3.60. The Bertz CT molecular complexity index is 879. The van der Waals surface area contributed by atoms with Crippen LogP contribution < -0.4 is 5.32 Å². The molecule has 1 saturated heterocycles. The lowest BCUT2D eigenvalue weighted by Gasteiger charge is -2.42. The van der Waals surface area contributed by atoms with Gasteiger partial charge in [-0.2, -0.15) is 0 Å². The highest BCUT2D eigenvalue weighted by Gasteiger charge is 2.37. The van der Waals surface area contributed by atoms with Crippen LogP contribution in [-0.4, -0.2) is 41.5 Å². The van der Waals surface area contributed by atoms with Gasteiger partial charge in [0, 0.05) is 35.7 Å². The molecule has 0 bridgehead atoms. The van der Waals surface area contributed by atoms with Gasteiger partial charge in [0.1, 0.15) is 0 Å². The van der Waals surface area contributed by atoms with Crippen molar-refractivity contribution in [1.29, 1.82) is 0 Å². The second kappa shape index (κ2) is 8.37. The Labute approximate surface area is 171 Å². The summed E-state index contributed by atoms with van der Waals surface area (Å²) >= 11 is 0. The van der Waals surface area contributed by atoms with Crippen LogP contribution in [0.1, 0.15) is 41.6 Å². The van der Waals surface area contributed by atoms with Crippen molar-refractivity contribution < 1.29 is 14.7 Å². The third-order valence-electron chi connectivity index (χ3n) is 6.03. The molecule has 1 saturated carbocycles. The topological polar surface area (TPSA) is 69.6 Å². The van der Waals surface area contributed by atoms with Crippen molar-refractivity contribution in [3.05, 3.63) is 65.7 Å². The third-order valence-corrected chi connectivity index (χ3v) is 6.03. The first kappa shape index (κ1) is 19.6. The molecule has 4 rings (SSSR count). The summed E-state index contributed by atoms with van der Waals surface area (Å²) in [6, 6.07) is 17.3. The zero-order valence-corrected chi connectivity index (χ0v) is 16.6. The zero-order valence-electron chi connectivity index (χ0n) is 16.6. The van der Waals surface area contributed by atoms with Crippen LogP contribution in [0.2, 0.25) is 0 Å². The molecule has 1 aliphatic carbocycles. The molecule has 0 aromatic heterocycles. The Balaban J connectivity index is 1.47. The molecule has 2 fully saturated rings. The maximum atomic E-state index is 13.2. The van der Waals surface area contributed by atoms with Crippen LogP contribution in [0.3, 0.4) is 0 Å². The first-order chi connectivity index (χ1) is 14.1. The van der Waals surface area contributed by atoms with Gasteiger partial charge in [0.05, 0.1) is 6.61 Å². The predicted octanol–water partition coefficient (Wildman–Crippen LogP) is 3.49. The first-order valence-corrected chi connectivity index (χ1v) is 10.4. The van der Waals surface area contributed by atoms with Gasteiger partial charge in [-0.15, -0.1) is 0 Å². The monoisotopic (exact) mass is 392 g/mol. The van der Waals surface area contributed by atoms with E-state index in [1.54, 1.807) is 12.1 Å². The minimum Gasteiger partial charge on any atom is -0.396 e. The lowest BCUT2D eigenvalue weighted by molar-refractivity contribution is -0.117. The van der Waals surface area contributed by atoms with Crippen molar-refractivity contribution in [3.63, 3.8) is 0 Å². The number of anilines is 1. The normalized spacial score (nSPS) is 21.6. The Hall–Kier alpha value is -2.66. The number of likely N-dealkylation sites (tertiary alicyclic amines) is 1. The summed E-state index contributed by atoms with van der Waals surface area (Å²) in [5.74, 6) is 0.118. The molecule has 29 heavy (non-hydrogen) atoms. The minimum atomic E-state index is -0.312. The van der Waals surface area contributed by atoms with Crippen LogP contribution in [0.5, 0.6) is 0 Å².